The van der Waals surface area contributed by atoms with E-state index in [1.54, 1.807) is 18.2 Å². The number of rotatable bonds is 2. The molecule has 0 radical (unpaired) electrons. The van der Waals surface area contributed by atoms with Gasteiger partial charge in [-0.1, -0.05) is 18.2 Å². The molecule has 0 saturated carbocycles. The van der Waals surface area contributed by atoms with Gasteiger partial charge in [-0.25, -0.2) is 0 Å². The van der Waals surface area contributed by atoms with Crippen LogP contribution in [-0.4, -0.2) is 18.4 Å². The maximum Gasteiger partial charge on any atom is 0.262 e. The van der Waals surface area contributed by atoms with E-state index >= 15 is 0 Å². The van der Waals surface area contributed by atoms with Gasteiger partial charge in [0.05, 0.1) is 11.3 Å². The summed E-state index contributed by atoms with van der Waals surface area (Å²) in [5, 5.41) is 5.58. The molecule has 0 atom stereocenters. The third-order valence-electron chi connectivity index (χ3n) is 3.75. The molecule has 0 bridgehead atoms. The van der Waals surface area contributed by atoms with E-state index in [0.29, 0.717) is 17.0 Å². The highest BCUT2D eigenvalue weighted by molar-refractivity contribution is 6.12. The van der Waals surface area contributed by atoms with Gasteiger partial charge in [0.15, 0.2) is 6.61 Å². The molecule has 0 aromatic heterocycles. The van der Waals surface area contributed by atoms with Gasteiger partial charge in [0.25, 0.3) is 11.8 Å². The third kappa shape index (κ3) is 2.53. The predicted molar refractivity (Wildman–Crippen MR) is 84.4 cm³/mol. The number of ether oxygens (including phenoxy) is 1. The molecule has 0 aliphatic carbocycles. The average molecular weight is 296 g/mol. The quantitative estimate of drug-likeness (QED) is 0.895. The van der Waals surface area contributed by atoms with Crippen molar-refractivity contribution in [3.05, 3.63) is 53.1 Å². The Morgan fingerprint density at radius 1 is 1.18 bits per heavy atom. The maximum atomic E-state index is 12.5. The Bertz CT molecular complexity index is 768. The van der Waals surface area contributed by atoms with E-state index in [1.165, 1.54) is 0 Å². The Hall–Kier alpha value is -2.82. The number of anilines is 2. The standard InChI is InChI=1S/C17H16N2O3/c1-10-5-3-7-13(11(10)2)18-17(21)12-6-4-8-14-16(12)19-15(20)9-22-14/h3-8H,9H2,1-2H3,(H,18,21)(H,19,20). The van der Waals surface area contributed by atoms with Crippen molar-refractivity contribution < 1.29 is 14.3 Å². The summed E-state index contributed by atoms with van der Waals surface area (Å²) in [6.07, 6.45) is 0. The van der Waals surface area contributed by atoms with Crippen LogP contribution in [0.4, 0.5) is 11.4 Å². The van der Waals surface area contributed by atoms with Crippen molar-refractivity contribution >= 4 is 23.2 Å². The van der Waals surface area contributed by atoms with E-state index in [0.717, 1.165) is 16.8 Å². The summed E-state index contributed by atoms with van der Waals surface area (Å²) in [6.45, 7) is 3.91. The van der Waals surface area contributed by atoms with Gasteiger partial charge in [0.1, 0.15) is 5.75 Å². The van der Waals surface area contributed by atoms with E-state index in [9.17, 15) is 9.59 Å². The fourth-order valence-corrected chi connectivity index (χ4v) is 2.36. The highest BCUT2D eigenvalue weighted by atomic mass is 16.5. The largest absolute Gasteiger partial charge is 0.482 e. The first-order valence-electron chi connectivity index (χ1n) is 6.99. The number of hydrogen-bond acceptors (Lipinski definition) is 3. The molecule has 0 spiro atoms. The molecule has 0 fully saturated rings. The normalized spacial score (nSPS) is 12.9. The predicted octanol–water partition coefficient (Wildman–Crippen LogP) is 2.89. The Balaban J connectivity index is 1.93. The highest BCUT2D eigenvalue weighted by Gasteiger charge is 2.22. The van der Waals surface area contributed by atoms with Crippen molar-refractivity contribution in [2.24, 2.45) is 0 Å². The lowest BCUT2D eigenvalue weighted by Gasteiger charge is -2.20. The maximum absolute atomic E-state index is 12.5. The summed E-state index contributed by atoms with van der Waals surface area (Å²) in [5.74, 6) is -0.0379. The van der Waals surface area contributed by atoms with Gasteiger partial charge in [-0.2, -0.15) is 0 Å². The molecule has 112 valence electrons. The molecule has 2 aromatic carbocycles. The van der Waals surface area contributed by atoms with Gasteiger partial charge >= 0.3 is 0 Å². The van der Waals surface area contributed by atoms with Crippen LogP contribution in [0.15, 0.2) is 36.4 Å². The monoisotopic (exact) mass is 296 g/mol. The second kappa shape index (κ2) is 5.52. The summed E-state index contributed by atoms with van der Waals surface area (Å²) >= 11 is 0. The average Bonchev–Trinajstić information content (AvgIpc) is 2.51. The summed E-state index contributed by atoms with van der Waals surface area (Å²) in [6, 6.07) is 10.9. The van der Waals surface area contributed by atoms with Gasteiger partial charge in [0, 0.05) is 5.69 Å². The first-order valence-corrected chi connectivity index (χ1v) is 6.99. The Morgan fingerprint density at radius 2 is 1.95 bits per heavy atom. The molecule has 5 nitrogen and oxygen atoms in total. The van der Waals surface area contributed by atoms with Gasteiger partial charge < -0.3 is 15.4 Å². The van der Waals surface area contributed by atoms with Crippen molar-refractivity contribution in [2.75, 3.05) is 17.2 Å². The number of benzene rings is 2. The number of aryl methyl sites for hydroxylation is 1. The number of hydrogen-bond donors (Lipinski definition) is 2. The SMILES string of the molecule is Cc1cccc(NC(=O)c2cccc3c2NC(=O)CO3)c1C. The second-order valence-electron chi connectivity index (χ2n) is 5.22. The number of amides is 2. The zero-order valence-electron chi connectivity index (χ0n) is 12.4. The van der Waals surface area contributed by atoms with Crippen LogP contribution >= 0.6 is 0 Å². The Labute approximate surface area is 128 Å². The topological polar surface area (TPSA) is 67.4 Å². The fourth-order valence-electron chi connectivity index (χ4n) is 2.36. The molecule has 0 saturated heterocycles. The van der Waals surface area contributed by atoms with Crippen molar-refractivity contribution in [1.29, 1.82) is 0 Å². The minimum Gasteiger partial charge on any atom is -0.482 e. The zero-order valence-corrected chi connectivity index (χ0v) is 12.4. The summed E-state index contributed by atoms with van der Waals surface area (Å²) < 4.78 is 5.33. The van der Waals surface area contributed by atoms with E-state index in [-0.39, 0.29) is 18.4 Å². The summed E-state index contributed by atoms with van der Waals surface area (Å²) in [7, 11) is 0. The van der Waals surface area contributed by atoms with Crippen LogP contribution < -0.4 is 15.4 Å². The fraction of sp³-hybridized carbons (Fsp3) is 0.176. The van der Waals surface area contributed by atoms with Crippen molar-refractivity contribution in [1.82, 2.24) is 0 Å². The van der Waals surface area contributed by atoms with Gasteiger partial charge in [0.2, 0.25) is 0 Å². The number of carbonyl (C=O) groups excluding carboxylic acids is 2. The van der Waals surface area contributed by atoms with Crippen LogP contribution in [-0.2, 0) is 4.79 Å². The van der Waals surface area contributed by atoms with Gasteiger partial charge in [-0.3, -0.25) is 9.59 Å². The van der Waals surface area contributed by atoms with Crippen molar-refractivity contribution in [2.45, 2.75) is 13.8 Å². The lowest BCUT2D eigenvalue weighted by Crippen LogP contribution is -2.27. The first-order chi connectivity index (χ1) is 10.6. The smallest absolute Gasteiger partial charge is 0.262 e. The molecule has 2 N–H and O–H groups in total. The molecule has 3 rings (SSSR count). The third-order valence-corrected chi connectivity index (χ3v) is 3.75. The van der Waals surface area contributed by atoms with Gasteiger partial charge in [-0.15, -0.1) is 0 Å². The van der Waals surface area contributed by atoms with Gasteiger partial charge in [-0.05, 0) is 43.2 Å². The number of nitrogens with one attached hydrogen (secondary N) is 2. The summed E-state index contributed by atoms with van der Waals surface area (Å²) in [4.78, 5) is 24.0. The van der Waals surface area contributed by atoms with Crippen LogP contribution in [0.2, 0.25) is 0 Å². The molecule has 22 heavy (non-hydrogen) atoms. The lowest BCUT2D eigenvalue weighted by molar-refractivity contribution is -0.118. The number of para-hydroxylation sites is 1. The van der Waals surface area contributed by atoms with E-state index in [1.807, 2.05) is 32.0 Å². The summed E-state index contributed by atoms with van der Waals surface area (Å²) in [5.41, 5.74) is 3.67. The molecule has 1 aliphatic heterocycles. The van der Waals surface area contributed by atoms with Crippen molar-refractivity contribution in [3.63, 3.8) is 0 Å². The molecule has 2 aromatic rings. The molecule has 0 unspecified atom stereocenters. The number of fused-ring (bicyclic) bond motifs is 1. The van der Waals surface area contributed by atoms with Crippen LogP contribution in [0.25, 0.3) is 0 Å². The van der Waals surface area contributed by atoms with Crippen LogP contribution in [0.1, 0.15) is 21.5 Å². The van der Waals surface area contributed by atoms with Crippen molar-refractivity contribution in [3.8, 4) is 5.75 Å². The first kappa shape index (κ1) is 14.1. The molecule has 1 aliphatic rings. The molecule has 2 amide bonds. The molecular formula is C17H16N2O3. The molecular weight excluding hydrogens is 280 g/mol. The minimum absolute atomic E-state index is 0.0327. The molecule has 1 heterocycles. The Morgan fingerprint density at radius 3 is 2.77 bits per heavy atom. The van der Waals surface area contributed by atoms with E-state index in [2.05, 4.69) is 10.6 Å². The van der Waals surface area contributed by atoms with E-state index in [4.69, 9.17) is 4.74 Å². The van der Waals surface area contributed by atoms with Crippen LogP contribution in [0.5, 0.6) is 5.75 Å². The molecule has 5 heteroatoms. The van der Waals surface area contributed by atoms with Crippen LogP contribution in [0.3, 0.4) is 0 Å². The number of carbonyl (C=O) groups is 2. The van der Waals surface area contributed by atoms with Crippen LogP contribution in [0, 0.1) is 13.8 Å². The highest BCUT2D eigenvalue weighted by Crippen LogP contribution is 2.31. The lowest BCUT2D eigenvalue weighted by atomic mass is 10.1. The second-order valence-corrected chi connectivity index (χ2v) is 5.22. The minimum atomic E-state index is -0.281. The Kier molecular flexibility index (Phi) is 3.55. The zero-order chi connectivity index (χ0) is 15.7. The van der Waals surface area contributed by atoms with E-state index < -0.39 is 0 Å².